The molecule has 1 aromatic heterocycles. The van der Waals surface area contributed by atoms with Gasteiger partial charge in [-0.25, -0.2) is 4.79 Å². The van der Waals surface area contributed by atoms with Crippen molar-refractivity contribution in [3.05, 3.63) is 142 Å². The van der Waals surface area contributed by atoms with Crippen LogP contribution in [0.15, 0.2) is 82.4 Å². The average molecular weight is 1380 g/mol. The van der Waals surface area contributed by atoms with Crippen molar-refractivity contribution in [1.29, 1.82) is 0 Å². The van der Waals surface area contributed by atoms with E-state index in [1.165, 1.54) is 6.07 Å². The summed E-state index contributed by atoms with van der Waals surface area (Å²) < 4.78 is 181. The van der Waals surface area contributed by atoms with Crippen molar-refractivity contribution in [2.75, 3.05) is 76.2 Å². The van der Waals surface area contributed by atoms with E-state index in [-0.39, 0.29) is 192 Å². The number of aromatic amines is 1. The second kappa shape index (κ2) is 48.7. The number of carbonyl (C=O) groups excluding carboxylic acids is 3. The summed E-state index contributed by atoms with van der Waals surface area (Å²) in [4.78, 5) is 75.1. The maximum absolute atomic E-state index is 12.6. The fourth-order valence-corrected chi connectivity index (χ4v) is 5.58. The molecule has 5 rings (SSSR count). The molecular formula is C48H57ClF14K2N8O16. The van der Waals surface area contributed by atoms with Gasteiger partial charge in [-0.05, 0) is 111 Å². The number of anilines is 3. The number of nitro benzene ring substituents is 2. The first-order chi connectivity index (χ1) is 40.9. The number of fused-ring (bicyclic) bond motifs is 1. The van der Waals surface area contributed by atoms with Crippen LogP contribution in [0.2, 0.25) is 0 Å². The molecule has 0 saturated carbocycles. The van der Waals surface area contributed by atoms with Crippen molar-refractivity contribution in [1.82, 2.24) is 9.55 Å². The molecule has 24 nitrogen and oxygen atoms in total. The Morgan fingerprint density at radius 3 is 1.47 bits per heavy atom. The van der Waals surface area contributed by atoms with Gasteiger partial charge in [0.2, 0.25) is 5.82 Å². The molecule has 11 N–H and O–H groups in total. The summed E-state index contributed by atoms with van der Waals surface area (Å²) in [6, 6.07) is 9.20. The van der Waals surface area contributed by atoms with E-state index < -0.39 is 103 Å². The summed E-state index contributed by atoms with van der Waals surface area (Å²) in [5, 5.41) is 67.4. The Bertz CT molecular complexity index is 3050. The van der Waals surface area contributed by atoms with E-state index in [0.717, 1.165) is 53.5 Å². The number of halogens is 15. The summed E-state index contributed by atoms with van der Waals surface area (Å²) in [6.07, 6.45) is -16.4. The number of carbonyl (C=O) groups is 3. The first-order valence-electron chi connectivity index (χ1n) is 24.3. The van der Waals surface area contributed by atoms with Crippen LogP contribution in [0, 0.1) is 26.0 Å². The number of nitrogens with one attached hydrogen (secondary N) is 3. The Morgan fingerprint density at radius 1 is 0.719 bits per heavy atom. The molecule has 0 atom stereocenters. The van der Waals surface area contributed by atoms with Crippen LogP contribution in [-0.2, 0) is 55.3 Å². The van der Waals surface area contributed by atoms with Crippen molar-refractivity contribution in [2.45, 2.75) is 63.9 Å². The van der Waals surface area contributed by atoms with Crippen LogP contribution in [0.4, 0.5) is 89.9 Å². The normalized spacial score (nSPS) is 10.5. The van der Waals surface area contributed by atoms with Gasteiger partial charge in [-0.15, -0.1) is 0 Å². The van der Waals surface area contributed by atoms with E-state index in [0.29, 0.717) is 49.8 Å². The molecule has 0 spiro atoms. The minimum atomic E-state index is -4.71. The quantitative estimate of drug-likeness (QED) is 0.00507. The molecule has 41 heteroatoms. The standard InChI is InChI=1S/C12H11F3N2O3.C10H11F3N2O3.C10H13F3N2O.C7H3F4NO2.C4H5ClO3.C3H9NO.CH3F.CH2O3.2K.H/c13-12(14,15)7-2-3-9-8(6-7)16-10(19)11(20)17(9)4-1-5-18;11-10(12,13)7-2-3-8(14-4-1-5-16)9(6-7)15(17)18;11-10(12,13)7-2-3-9(8(14)6-7)15-4-1-5-16;8-5-2-1-4(7(9,10)11)3-6(5)12(13)14;1-2-8-4(7)3(5)6;4-2-1-3-5;1-2;2-1-4-3;;;/h2-3,6,18H,1,4-5H2,(H,16,19);2-3,6,14,16H,1,4-5H2;2-3,6,15-16H,1,4-5,14H2;1-3H;2H2,1H3;5H,1-4H2;1H3;1,3H;;;/q;;;;;;;;2*+1;-1/p-1/i;;;;;;1D;;;;. The number of nitrogen functional groups attached to an aromatic ring is 1. The van der Waals surface area contributed by atoms with E-state index in [1.54, 1.807) is 6.92 Å². The largest absolute Gasteiger partial charge is 1.00 e. The van der Waals surface area contributed by atoms with Gasteiger partial charge in [0.05, 0.1) is 69.6 Å². The molecule has 4 aromatic carbocycles. The van der Waals surface area contributed by atoms with Gasteiger partial charge >= 0.3 is 155 Å². The summed E-state index contributed by atoms with van der Waals surface area (Å²) in [6.45, 7) is 2.88. The SMILES string of the molecule is CCOC(=O)C(=O)Cl.NCCCO.Nc1cc(C(F)(F)F)ccc1NCCCO.O=CO[O-].O=[N+]([O-])c1cc(C(F)(F)F)ccc1F.O=[N+]([O-])c1cc(C(F)(F)F)ccc1NCCCO.O=c1[nH]c2cc(C(F)(F)F)ccc2n(CCCO)c1=O.[2H]CF.[H-].[K+].[K+]. The summed E-state index contributed by atoms with van der Waals surface area (Å²) >= 11 is 4.69. The summed E-state index contributed by atoms with van der Waals surface area (Å²) in [7, 11) is -1.00. The van der Waals surface area contributed by atoms with Crippen molar-refractivity contribution in [3.8, 4) is 0 Å². The molecule has 89 heavy (non-hydrogen) atoms. The number of nitro groups is 2. The number of H-pyrrole nitrogens is 1. The summed E-state index contributed by atoms with van der Waals surface area (Å²) in [5.74, 6) is -2.28. The molecule has 0 radical (unpaired) electrons. The van der Waals surface area contributed by atoms with Crippen LogP contribution in [0.5, 0.6) is 0 Å². The number of nitrogens with zero attached hydrogens (tertiary/aromatic N) is 3. The van der Waals surface area contributed by atoms with Crippen LogP contribution in [0.3, 0.4) is 0 Å². The average Bonchev–Trinajstić information content (AvgIpc) is 1.35. The van der Waals surface area contributed by atoms with Crippen LogP contribution < -0.4 is 141 Å². The molecule has 0 unspecified atom stereocenters. The van der Waals surface area contributed by atoms with Crippen molar-refractivity contribution < 1.29 is 227 Å². The Labute approximate surface area is 586 Å². The molecule has 0 aliphatic carbocycles. The number of ether oxygens (including phenoxy) is 1. The molecule has 1 heterocycles. The molecule has 0 saturated heterocycles. The van der Waals surface area contributed by atoms with E-state index in [9.17, 15) is 101 Å². The number of alkyl halides is 13. The van der Waals surface area contributed by atoms with Gasteiger partial charge in [-0.2, -0.15) is 57.1 Å². The van der Waals surface area contributed by atoms with Gasteiger partial charge in [0.25, 0.3) is 12.2 Å². The predicted molar refractivity (Wildman–Crippen MR) is 281 cm³/mol. The van der Waals surface area contributed by atoms with Crippen molar-refractivity contribution in [3.63, 3.8) is 0 Å². The third-order valence-electron chi connectivity index (χ3n) is 9.35. The zero-order chi connectivity index (χ0) is 68.6. The first-order valence-corrected chi connectivity index (χ1v) is 24.0. The Morgan fingerprint density at radius 2 is 1.11 bits per heavy atom. The van der Waals surface area contributed by atoms with E-state index in [2.05, 4.69) is 25.2 Å². The smallest absolute Gasteiger partial charge is 1.00 e. The van der Waals surface area contributed by atoms with Gasteiger partial charge < -0.3 is 68.4 Å². The number of rotatable bonds is 18. The predicted octanol–water partition coefficient (Wildman–Crippen LogP) is 1.12. The maximum atomic E-state index is 12.6. The minimum Gasteiger partial charge on any atom is -1.00 e. The number of aliphatic hydroxyl groups is 4. The van der Waals surface area contributed by atoms with Gasteiger partial charge in [-0.3, -0.25) is 43.8 Å². The van der Waals surface area contributed by atoms with Gasteiger partial charge in [0.1, 0.15) is 5.69 Å². The number of hydrogen-bond donors (Lipinski definition) is 9. The van der Waals surface area contributed by atoms with Crippen molar-refractivity contribution in [2.24, 2.45) is 5.73 Å². The number of hydrogen-bond acceptors (Lipinski definition) is 20. The molecule has 0 fully saturated rings. The molecule has 0 aliphatic heterocycles. The molecular weight excluding hydrogens is 1320 g/mol. The van der Waals surface area contributed by atoms with Gasteiger partial charge in [0, 0.05) is 58.2 Å². The number of aromatic nitrogens is 2. The van der Waals surface area contributed by atoms with Gasteiger partial charge in [-0.1, -0.05) is 0 Å². The Balaban J connectivity index is -0.000000239. The monoisotopic (exact) mass is 1380 g/mol. The van der Waals surface area contributed by atoms with E-state index >= 15 is 0 Å². The third-order valence-corrected chi connectivity index (χ3v) is 9.51. The van der Waals surface area contributed by atoms with E-state index in [1.807, 2.05) is 0 Å². The molecule has 5 aromatic rings. The number of esters is 1. The molecule has 0 bridgehead atoms. The maximum Gasteiger partial charge on any atom is 1.00 e. The second-order valence-electron chi connectivity index (χ2n) is 15.5. The second-order valence-corrected chi connectivity index (χ2v) is 15.8. The molecule has 0 aliphatic rings. The van der Waals surface area contributed by atoms with Crippen LogP contribution in [0.25, 0.3) is 11.0 Å². The van der Waals surface area contributed by atoms with Crippen molar-refractivity contribution >= 4 is 68.8 Å². The zero-order valence-electron chi connectivity index (χ0n) is 48.8. The minimum absolute atomic E-state index is 0. The number of aliphatic hydroxyl groups excluding tert-OH is 4. The van der Waals surface area contributed by atoms with E-state index in [4.69, 9.17) is 54.9 Å². The first kappa shape index (κ1) is 90.4. The topological polar surface area (TPSA) is 391 Å². The number of aryl methyl sites for hydroxylation is 1. The van der Waals surface area contributed by atoms with Crippen LogP contribution in [-0.4, -0.2) is 117 Å². The third kappa shape index (κ3) is 38.4. The zero-order valence-corrected chi connectivity index (χ0v) is 53.8. The fourth-order valence-electron chi connectivity index (χ4n) is 5.53. The van der Waals surface area contributed by atoms with Crippen LogP contribution >= 0.6 is 11.6 Å². The number of benzene rings is 4. The molecule has 0 amide bonds. The summed E-state index contributed by atoms with van der Waals surface area (Å²) in [5.41, 5.74) is 3.42. The Kier molecular flexibility index (Phi) is 49.5. The van der Waals surface area contributed by atoms with Gasteiger partial charge in [0.15, 0.2) is 0 Å². The number of nitrogens with two attached hydrogens (primary N) is 2. The Hall–Kier alpha value is -5.03. The molecule has 492 valence electrons. The fraction of sp³-hybridized carbons (Fsp3) is 0.396. The van der Waals surface area contributed by atoms with Crippen LogP contribution in [0.1, 0.15) is 57.7 Å².